The minimum Gasteiger partial charge on any atom is -0.454 e. The molecule has 162 valence electrons. The SMILES string of the molecule is CCN1CCN(CCNC(=O)COCc2cc(-c3ccc4c(c3)OCO4)on2)CC1. The molecule has 1 aromatic heterocycles. The molecule has 1 N–H and O–H groups in total. The van der Waals surface area contributed by atoms with E-state index < -0.39 is 0 Å². The van der Waals surface area contributed by atoms with Crippen molar-refractivity contribution in [3.8, 4) is 22.8 Å². The predicted molar refractivity (Wildman–Crippen MR) is 109 cm³/mol. The number of nitrogens with zero attached hydrogens (tertiary/aromatic N) is 3. The van der Waals surface area contributed by atoms with Crippen molar-refractivity contribution in [2.45, 2.75) is 13.5 Å². The number of ether oxygens (including phenoxy) is 3. The third-order valence-corrected chi connectivity index (χ3v) is 5.36. The molecule has 1 aromatic carbocycles. The first-order valence-electron chi connectivity index (χ1n) is 10.4. The van der Waals surface area contributed by atoms with Crippen molar-refractivity contribution in [2.75, 3.05) is 59.2 Å². The van der Waals surface area contributed by atoms with Crippen molar-refractivity contribution in [3.63, 3.8) is 0 Å². The summed E-state index contributed by atoms with van der Waals surface area (Å²) in [4.78, 5) is 16.8. The van der Waals surface area contributed by atoms with Gasteiger partial charge < -0.3 is 29.0 Å². The normalized spacial score (nSPS) is 16.7. The molecule has 0 unspecified atom stereocenters. The van der Waals surface area contributed by atoms with E-state index in [2.05, 4.69) is 27.2 Å². The van der Waals surface area contributed by atoms with Gasteiger partial charge in [-0.05, 0) is 24.7 Å². The summed E-state index contributed by atoms with van der Waals surface area (Å²) in [6, 6.07) is 7.37. The summed E-state index contributed by atoms with van der Waals surface area (Å²) in [7, 11) is 0. The first-order valence-corrected chi connectivity index (χ1v) is 10.4. The van der Waals surface area contributed by atoms with Crippen LogP contribution in [0.1, 0.15) is 12.6 Å². The minimum atomic E-state index is -0.123. The molecule has 1 amide bonds. The van der Waals surface area contributed by atoms with E-state index in [4.69, 9.17) is 18.7 Å². The zero-order valence-corrected chi connectivity index (χ0v) is 17.3. The molecule has 4 rings (SSSR count). The Hall–Kier alpha value is -2.62. The summed E-state index contributed by atoms with van der Waals surface area (Å²) >= 11 is 0. The van der Waals surface area contributed by atoms with E-state index in [0.717, 1.165) is 50.6 Å². The second kappa shape index (κ2) is 9.92. The Bertz CT molecular complexity index is 848. The van der Waals surface area contributed by atoms with Crippen LogP contribution < -0.4 is 14.8 Å². The number of piperazine rings is 1. The highest BCUT2D eigenvalue weighted by molar-refractivity contribution is 5.77. The lowest BCUT2D eigenvalue weighted by atomic mass is 10.1. The summed E-state index contributed by atoms with van der Waals surface area (Å²) in [5, 5.41) is 6.91. The molecule has 9 heteroatoms. The van der Waals surface area contributed by atoms with Crippen LogP contribution in [0.3, 0.4) is 0 Å². The summed E-state index contributed by atoms with van der Waals surface area (Å²) in [6.45, 7) is 9.52. The van der Waals surface area contributed by atoms with Crippen LogP contribution in [0.5, 0.6) is 11.5 Å². The van der Waals surface area contributed by atoms with E-state index in [0.29, 0.717) is 23.7 Å². The van der Waals surface area contributed by atoms with Gasteiger partial charge in [0.15, 0.2) is 17.3 Å². The van der Waals surface area contributed by atoms with E-state index in [1.165, 1.54) is 0 Å². The molecular weight excluding hydrogens is 388 g/mol. The molecular formula is C21H28N4O5. The lowest BCUT2D eigenvalue weighted by molar-refractivity contribution is -0.126. The molecule has 0 spiro atoms. The first kappa shape index (κ1) is 20.6. The summed E-state index contributed by atoms with van der Waals surface area (Å²) in [6.07, 6.45) is 0. The van der Waals surface area contributed by atoms with E-state index >= 15 is 0 Å². The third kappa shape index (κ3) is 5.29. The third-order valence-electron chi connectivity index (χ3n) is 5.36. The number of carbonyl (C=O) groups is 1. The number of benzene rings is 1. The molecule has 30 heavy (non-hydrogen) atoms. The van der Waals surface area contributed by atoms with Crippen molar-refractivity contribution < 1.29 is 23.5 Å². The van der Waals surface area contributed by atoms with Gasteiger partial charge in [-0.3, -0.25) is 9.69 Å². The Kier molecular flexibility index (Phi) is 6.83. The highest BCUT2D eigenvalue weighted by atomic mass is 16.7. The van der Waals surface area contributed by atoms with Crippen LogP contribution in [-0.2, 0) is 16.1 Å². The van der Waals surface area contributed by atoms with Crippen molar-refractivity contribution >= 4 is 5.91 Å². The second-order valence-corrected chi connectivity index (χ2v) is 7.37. The molecule has 9 nitrogen and oxygen atoms in total. The average molecular weight is 416 g/mol. The molecule has 1 fully saturated rings. The number of rotatable bonds is 9. The molecule has 2 aromatic rings. The lowest BCUT2D eigenvalue weighted by Gasteiger charge is -2.33. The van der Waals surface area contributed by atoms with Gasteiger partial charge in [0.05, 0.1) is 6.61 Å². The van der Waals surface area contributed by atoms with Crippen molar-refractivity contribution in [2.24, 2.45) is 0 Å². The van der Waals surface area contributed by atoms with Crippen LogP contribution in [0, 0.1) is 0 Å². The van der Waals surface area contributed by atoms with Gasteiger partial charge in [0.1, 0.15) is 12.3 Å². The van der Waals surface area contributed by atoms with Gasteiger partial charge in [0.2, 0.25) is 12.7 Å². The Labute approximate surface area is 175 Å². The average Bonchev–Trinajstić information content (AvgIpc) is 3.43. The molecule has 0 bridgehead atoms. The Morgan fingerprint density at radius 2 is 1.93 bits per heavy atom. The number of amides is 1. The van der Waals surface area contributed by atoms with Gasteiger partial charge in [-0.15, -0.1) is 0 Å². The van der Waals surface area contributed by atoms with Crippen LogP contribution in [0.4, 0.5) is 0 Å². The van der Waals surface area contributed by atoms with Crippen molar-refractivity contribution in [1.82, 2.24) is 20.3 Å². The Morgan fingerprint density at radius 1 is 1.13 bits per heavy atom. The number of hydrogen-bond donors (Lipinski definition) is 1. The fourth-order valence-corrected chi connectivity index (χ4v) is 3.55. The largest absolute Gasteiger partial charge is 0.454 e. The van der Waals surface area contributed by atoms with Crippen LogP contribution >= 0.6 is 0 Å². The number of hydrogen-bond acceptors (Lipinski definition) is 8. The lowest BCUT2D eigenvalue weighted by Crippen LogP contribution is -2.48. The zero-order valence-electron chi connectivity index (χ0n) is 17.3. The van der Waals surface area contributed by atoms with Crippen LogP contribution in [0.15, 0.2) is 28.8 Å². The van der Waals surface area contributed by atoms with E-state index in [1.807, 2.05) is 18.2 Å². The van der Waals surface area contributed by atoms with E-state index in [-0.39, 0.29) is 25.9 Å². The van der Waals surface area contributed by atoms with Crippen molar-refractivity contribution in [3.05, 3.63) is 30.0 Å². The number of likely N-dealkylation sites (N-methyl/N-ethyl adjacent to an activating group) is 1. The monoisotopic (exact) mass is 416 g/mol. The standard InChI is InChI=1S/C21H28N4O5/c1-2-24-7-9-25(10-8-24)6-5-22-21(26)14-27-13-17-12-19(30-23-17)16-3-4-18-20(11-16)29-15-28-18/h3-4,11-12H,2,5-10,13-15H2,1H3,(H,22,26). The fourth-order valence-electron chi connectivity index (χ4n) is 3.55. The van der Waals surface area contributed by atoms with E-state index in [1.54, 1.807) is 6.07 Å². The maximum absolute atomic E-state index is 12.0. The highest BCUT2D eigenvalue weighted by Crippen LogP contribution is 2.36. The zero-order chi connectivity index (χ0) is 20.8. The molecule has 2 aliphatic heterocycles. The van der Waals surface area contributed by atoms with E-state index in [9.17, 15) is 4.79 Å². The van der Waals surface area contributed by atoms with Gasteiger partial charge in [0, 0.05) is 50.9 Å². The van der Waals surface area contributed by atoms with Crippen molar-refractivity contribution in [1.29, 1.82) is 0 Å². The molecule has 0 atom stereocenters. The second-order valence-electron chi connectivity index (χ2n) is 7.37. The van der Waals surface area contributed by atoms with Crippen LogP contribution in [-0.4, -0.2) is 80.1 Å². The Morgan fingerprint density at radius 3 is 2.77 bits per heavy atom. The first-order chi connectivity index (χ1) is 14.7. The number of aromatic nitrogens is 1. The number of carbonyl (C=O) groups excluding carboxylic acids is 1. The quantitative estimate of drug-likeness (QED) is 0.655. The maximum atomic E-state index is 12.0. The summed E-state index contributed by atoms with van der Waals surface area (Å²) in [5.41, 5.74) is 1.47. The van der Waals surface area contributed by atoms with Gasteiger partial charge >= 0.3 is 0 Å². The van der Waals surface area contributed by atoms with Gasteiger partial charge in [-0.2, -0.15) is 0 Å². The topological polar surface area (TPSA) is 89.3 Å². The minimum absolute atomic E-state index is 0.00414. The number of nitrogens with one attached hydrogen (secondary N) is 1. The highest BCUT2D eigenvalue weighted by Gasteiger charge is 2.17. The number of fused-ring (bicyclic) bond motifs is 1. The summed E-state index contributed by atoms with van der Waals surface area (Å²) in [5.74, 6) is 1.89. The molecule has 0 saturated carbocycles. The molecule has 1 saturated heterocycles. The molecule has 2 aliphatic rings. The molecule has 0 radical (unpaired) electrons. The van der Waals surface area contributed by atoms with Gasteiger partial charge in [-0.25, -0.2) is 0 Å². The maximum Gasteiger partial charge on any atom is 0.246 e. The molecule has 3 heterocycles. The molecule has 0 aliphatic carbocycles. The van der Waals surface area contributed by atoms with Crippen LogP contribution in [0.2, 0.25) is 0 Å². The predicted octanol–water partition coefficient (Wildman–Crippen LogP) is 1.34. The van der Waals surface area contributed by atoms with Crippen LogP contribution in [0.25, 0.3) is 11.3 Å². The van der Waals surface area contributed by atoms with Gasteiger partial charge in [-0.1, -0.05) is 12.1 Å². The summed E-state index contributed by atoms with van der Waals surface area (Å²) < 4.78 is 21.5. The Balaban J connectivity index is 1.14. The van der Waals surface area contributed by atoms with Gasteiger partial charge in [0.25, 0.3) is 0 Å². The smallest absolute Gasteiger partial charge is 0.246 e. The fraction of sp³-hybridized carbons (Fsp3) is 0.524.